The topological polar surface area (TPSA) is 64.2 Å². The molecule has 0 saturated carbocycles. The number of hydrogen-bond donors (Lipinski definition) is 0. The summed E-state index contributed by atoms with van der Waals surface area (Å²) in [6, 6.07) is 21.7. The van der Waals surface area contributed by atoms with E-state index in [0.29, 0.717) is 29.8 Å². The lowest BCUT2D eigenvalue weighted by Gasteiger charge is -2.18. The summed E-state index contributed by atoms with van der Waals surface area (Å²) in [5.74, 6) is 1.58. The van der Waals surface area contributed by atoms with Gasteiger partial charge in [-0.05, 0) is 29.3 Å². The summed E-state index contributed by atoms with van der Waals surface area (Å²) in [5, 5.41) is 9.34. The number of amides is 1. The predicted molar refractivity (Wildman–Crippen MR) is 125 cm³/mol. The molecule has 0 fully saturated rings. The first kappa shape index (κ1) is 21.4. The van der Waals surface area contributed by atoms with E-state index in [9.17, 15) is 4.79 Å². The van der Waals surface area contributed by atoms with Crippen LogP contribution in [0.2, 0.25) is 0 Å². The Morgan fingerprint density at radius 2 is 1.84 bits per heavy atom. The van der Waals surface area contributed by atoms with E-state index in [1.807, 2.05) is 66.2 Å². The molecule has 4 rings (SSSR count). The van der Waals surface area contributed by atoms with Crippen molar-refractivity contribution >= 4 is 33.6 Å². The molecule has 8 heteroatoms. The van der Waals surface area contributed by atoms with Crippen molar-refractivity contribution in [2.24, 2.45) is 0 Å². The second-order valence-electron chi connectivity index (χ2n) is 6.99. The fourth-order valence-electron chi connectivity index (χ4n) is 3.10. The average Bonchev–Trinajstić information content (AvgIpc) is 3.44. The van der Waals surface area contributed by atoms with Crippen molar-refractivity contribution in [2.45, 2.75) is 18.2 Å². The Labute approximate surface area is 193 Å². The Kier molecular flexibility index (Phi) is 6.89. The second kappa shape index (κ2) is 9.98. The molecule has 0 spiro atoms. The summed E-state index contributed by atoms with van der Waals surface area (Å²) >= 11 is 4.92. The molecule has 0 radical (unpaired) electrons. The number of carbonyl (C=O) groups excluding carboxylic acids is 1. The minimum absolute atomic E-state index is 0.0227. The number of rotatable bonds is 8. The number of hydrogen-bond acceptors (Lipinski definition) is 5. The number of halogens is 1. The van der Waals surface area contributed by atoms with Crippen LogP contribution in [0.1, 0.15) is 11.1 Å². The Morgan fingerprint density at radius 1 is 1.06 bits per heavy atom. The van der Waals surface area contributed by atoms with Crippen molar-refractivity contribution in [1.29, 1.82) is 0 Å². The van der Waals surface area contributed by atoms with Crippen LogP contribution in [0, 0.1) is 0 Å². The van der Waals surface area contributed by atoms with Crippen molar-refractivity contribution in [2.75, 3.05) is 12.8 Å². The van der Waals surface area contributed by atoms with E-state index in [1.165, 1.54) is 11.8 Å². The molecule has 0 aliphatic carbocycles. The molecule has 1 amide bonds. The monoisotopic (exact) mass is 496 g/mol. The van der Waals surface area contributed by atoms with Crippen LogP contribution < -0.4 is 0 Å². The molecule has 2 aromatic carbocycles. The summed E-state index contributed by atoms with van der Waals surface area (Å²) in [5.41, 5.74) is 2.19. The minimum Gasteiger partial charge on any atom is -0.461 e. The van der Waals surface area contributed by atoms with Gasteiger partial charge in [0.1, 0.15) is 0 Å². The molecule has 0 aliphatic rings. The van der Waals surface area contributed by atoms with Crippen molar-refractivity contribution in [3.63, 3.8) is 0 Å². The SMILES string of the molecule is CN(Cc1ccccc1Br)C(=O)CSc1nnc(-c2ccco2)n1Cc1ccccc1. The Morgan fingerprint density at radius 3 is 2.58 bits per heavy atom. The smallest absolute Gasteiger partial charge is 0.233 e. The summed E-state index contributed by atoms with van der Waals surface area (Å²) < 4.78 is 8.52. The highest BCUT2D eigenvalue weighted by Gasteiger charge is 2.19. The molecule has 0 atom stereocenters. The maximum atomic E-state index is 12.8. The van der Waals surface area contributed by atoms with Crippen molar-refractivity contribution < 1.29 is 9.21 Å². The third-order valence-corrected chi connectivity index (χ3v) is 6.48. The van der Waals surface area contributed by atoms with Crippen LogP contribution in [0.3, 0.4) is 0 Å². The fraction of sp³-hybridized carbons (Fsp3) is 0.174. The lowest BCUT2D eigenvalue weighted by molar-refractivity contribution is -0.127. The van der Waals surface area contributed by atoms with Crippen molar-refractivity contribution in [3.8, 4) is 11.6 Å². The van der Waals surface area contributed by atoms with E-state index in [0.717, 1.165) is 15.6 Å². The maximum absolute atomic E-state index is 12.8. The van der Waals surface area contributed by atoms with Crippen molar-refractivity contribution in [1.82, 2.24) is 19.7 Å². The van der Waals surface area contributed by atoms with Crippen LogP contribution in [0.4, 0.5) is 0 Å². The van der Waals surface area contributed by atoms with Gasteiger partial charge in [-0.3, -0.25) is 9.36 Å². The maximum Gasteiger partial charge on any atom is 0.233 e. The standard InChI is InChI=1S/C23H21BrN4O2S/c1-27(15-18-10-5-6-11-19(18)24)21(29)16-31-23-26-25-22(20-12-7-13-30-20)28(23)14-17-8-3-2-4-9-17/h2-13H,14-16H2,1H3. The number of thioether (sulfide) groups is 1. The molecule has 4 aromatic rings. The minimum atomic E-state index is 0.0227. The van der Waals surface area contributed by atoms with Gasteiger partial charge in [0.2, 0.25) is 11.7 Å². The largest absolute Gasteiger partial charge is 0.461 e. The number of benzene rings is 2. The first-order chi connectivity index (χ1) is 15.1. The molecule has 0 saturated heterocycles. The number of aromatic nitrogens is 3. The van der Waals surface area contributed by atoms with Crippen LogP contribution in [-0.2, 0) is 17.9 Å². The molecule has 6 nitrogen and oxygen atoms in total. The van der Waals surface area contributed by atoms with E-state index in [4.69, 9.17) is 4.42 Å². The molecule has 0 unspecified atom stereocenters. The van der Waals surface area contributed by atoms with Gasteiger partial charge in [0.05, 0.1) is 18.6 Å². The Bertz CT molecular complexity index is 1150. The van der Waals surface area contributed by atoms with Crippen LogP contribution >= 0.6 is 27.7 Å². The van der Waals surface area contributed by atoms with E-state index in [2.05, 4.69) is 38.3 Å². The van der Waals surface area contributed by atoms with Gasteiger partial charge in [0.15, 0.2) is 10.9 Å². The van der Waals surface area contributed by atoms with E-state index >= 15 is 0 Å². The summed E-state index contributed by atoms with van der Waals surface area (Å²) in [6.45, 7) is 1.13. The van der Waals surface area contributed by atoms with Crippen molar-refractivity contribution in [3.05, 3.63) is 88.6 Å². The van der Waals surface area contributed by atoms with E-state index in [1.54, 1.807) is 11.2 Å². The molecule has 2 heterocycles. The highest BCUT2D eigenvalue weighted by atomic mass is 79.9. The zero-order chi connectivity index (χ0) is 21.6. The highest BCUT2D eigenvalue weighted by Crippen LogP contribution is 2.26. The normalized spacial score (nSPS) is 10.9. The molecule has 31 heavy (non-hydrogen) atoms. The van der Waals surface area contributed by atoms with E-state index in [-0.39, 0.29) is 11.7 Å². The summed E-state index contributed by atoms with van der Waals surface area (Å²) in [6.07, 6.45) is 1.61. The third-order valence-electron chi connectivity index (χ3n) is 4.76. The molecular formula is C23H21BrN4O2S. The zero-order valence-corrected chi connectivity index (χ0v) is 19.3. The third kappa shape index (κ3) is 5.26. The highest BCUT2D eigenvalue weighted by molar-refractivity contribution is 9.10. The molecule has 2 aromatic heterocycles. The van der Waals surface area contributed by atoms with Crippen LogP contribution in [0.5, 0.6) is 0 Å². The lowest BCUT2D eigenvalue weighted by atomic mass is 10.2. The molecular weight excluding hydrogens is 476 g/mol. The molecule has 0 aliphatic heterocycles. The molecule has 0 N–H and O–H groups in total. The number of carbonyl (C=O) groups is 1. The van der Waals surface area contributed by atoms with Crippen LogP contribution in [0.25, 0.3) is 11.6 Å². The van der Waals surface area contributed by atoms with Gasteiger partial charge in [-0.25, -0.2) is 0 Å². The van der Waals surface area contributed by atoms with Gasteiger partial charge in [0.25, 0.3) is 0 Å². The van der Waals surface area contributed by atoms with E-state index < -0.39 is 0 Å². The summed E-state index contributed by atoms with van der Waals surface area (Å²) in [4.78, 5) is 14.5. The Hall–Kier alpha value is -2.84. The lowest BCUT2D eigenvalue weighted by Crippen LogP contribution is -2.28. The van der Waals surface area contributed by atoms with Gasteiger partial charge in [0, 0.05) is 18.1 Å². The van der Waals surface area contributed by atoms with Crippen LogP contribution in [0.15, 0.2) is 87.0 Å². The summed E-state index contributed by atoms with van der Waals surface area (Å²) in [7, 11) is 1.81. The molecule has 158 valence electrons. The second-order valence-corrected chi connectivity index (χ2v) is 8.78. The average molecular weight is 497 g/mol. The van der Waals surface area contributed by atoms with Gasteiger partial charge in [-0.1, -0.05) is 76.2 Å². The van der Waals surface area contributed by atoms with Gasteiger partial charge < -0.3 is 9.32 Å². The first-order valence-electron chi connectivity index (χ1n) is 9.73. The predicted octanol–water partition coefficient (Wildman–Crippen LogP) is 5.10. The first-order valence-corrected chi connectivity index (χ1v) is 11.5. The fourth-order valence-corrected chi connectivity index (χ4v) is 4.39. The number of furan rings is 1. The van der Waals surface area contributed by atoms with Gasteiger partial charge >= 0.3 is 0 Å². The zero-order valence-electron chi connectivity index (χ0n) is 16.9. The quantitative estimate of drug-likeness (QED) is 0.317. The number of nitrogens with zero attached hydrogens (tertiary/aromatic N) is 4. The van der Waals surface area contributed by atoms with Gasteiger partial charge in [-0.15, -0.1) is 10.2 Å². The Balaban J connectivity index is 1.49. The van der Waals surface area contributed by atoms with Crippen LogP contribution in [-0.4, -0.2) is 38.4 Å². The molecule has 0 bridgehead atoms. The van der Waals surface area contributed by atoms with Gasteiger partial charge in [-0.2, -0.15) is 0 Å².